The average Bonchev–Trinajstić information content (AvgIpc) is 2.37. The van der Waals surface area contributed by atoms with Gasteiger partial charge in [-0.1, -0.05) is 6.07 Å². The van der Waals surface area contributed by atoms with Crippen molar-refractivity contribution in [2.45, 2.75) is 26.1 Å². The van der Waals surface area contributed by atoms with E-state index < -0.39 is 4.92 Å². The average molecular weight is 266 g/mol. The van der Waals surface area contributed by atoms with E-state index in [0.29, 0.717) is 17.9 Å². The lowest BCUT2D eigenvalue weighted by Gasteiger charge is -2.28. The van der Waals surface area contributed by atoms with Gasteiger partial charge in [-0.25, -0.2) is 0 Å². The molecule has 0 aromatic heterocycles. The summed E-state index contributed by atoms with van der Waals surface area (Å²) in [4.78, 5) is 10.4. The van der Waals surface area contributed by atoms with Gasteiger partial charge in [0, 0.05) is 19.2 Å². The summed E-state index contributed by atoms with van der Waals surface area (Å²) in [6.07, 6.45) is 0.135. The predicted octanol–water partition coefficient (Wildman–Crippen LogP) is 1.66. The second kappa shape index (κ2) is 5.99. The van der Waals surface area contributed by atoms with E-state index in [0.717, 1.165) is 13.1 Å². The van der Waals surface area contributed by atoms with Gasteiger partial charge >= 0.3 is 0 Å². The molecule has 0 spiro atoms. The van der Waals surface area contributed by atoms with E-state index >= 15 is 0 Å². The maximum atomic E-state index is 10.8. The third-order valence-corrected chi connectivity index (χ3v) is 3.11. The first-order chi connectivity index (χ1) is 9.08. The number of benzene rings is 1. The van der Waals surface area contributed by atoms with Crippen molar-refractivity contribution in [3.8, 4) is 5.75 Å². The summed E-state index contributed by atoms with van der Waals surface area (Å²) in [5.41, 5.74) is 0.623. The van der Waals surface area contributed by atoms with Crippen LogP contribution in [0.25, 0.3) is 0 Å². The SMILES string of the molecule is Cc1c(OCC2CNCC(C)O2)cccc1[N+](=O)[O-]. The molecule has 1 aromatic rings. The number of nitrogens with one attached hydrogen (secondary N) is 1. The van der Waals surface area contributed by atoms with Gasteiger partial charge in [0.05, 0.1) is 16.6 Å². The predicted molar refractivity (Wildman–Crippen MR) is 70.5 cm³/mol. The van der Waals surface area contributed by atoms with Crippen molar-refractivity contribution >= 4 is 5.69 Å². The Morgan fingerprint density at radius 2 is 2.32 bits per heavy atom. The monoisotopic (exact) mass is 266 g/mol. The van der Waals surface area contributed by atoms with Gasteiger partial charge in [-0.05, 0) is 19.9 Å². The molecule has 0 bridgehead atoms. The lowest BCUT2D eigenvalue weighted by atomic mass is 10.2. The van der Waals surface area contributed by atoms with Crippen LogP contribution < -0.4 is 10.1 Å². The van der Waals surface area contributed by atoms with Crippen LogP contribution in [-0.4, -0.2) is 36.8 Å². The highest BCUT2D eigenvalue weighted by atomic mass is 16.6. The van der Waals surface area contributed by atoms with Crippen LogP contribution in [0.2, 0.25) is 0 Å². The molecule has 0 aliphatic carbocycles. The summed E-state index contributed by atoms with van der Waals surface area (Å²) in [7, 11) is 0. The first kappa shape index (κ1) is 13.8. The zero-order valence-electron chi connectivity index (χ0n) is 11.1. The van der Waals surface area contributed by atoms with Crippen LogP contribution in [-0.2, 0) is 4.74 Å². The molecule has 0 radical (unpaired) electrons. The van der Waals surface area contributed by atoms with E-state index in [9.17, 15) is 10.1 Å². The van der Waals surface area contributed by atoms with Gasteiger partial charge in [-0.3, -0.25) is 10.1 Å². The van der Waals surface area contributed by atoms with Crippen LogP contribution in [0.4, 0.5) is 5.69 Å². The highest BCUT2D eigenvalue weighted by Crippen LogP contribution is 2.27. The first-order valence-electron chi connectivity index (χ1n) is 6.31. The lowest BCUT2D eigenvalue weighted by molar-refractivity contribution is -0.385. The van der Waals surface area contributed by atoms with Gasteiger partial charge in [-0.2, -0.15) is 0 Å². The summed E-state index contributed by atoms with van der Waals surface area (Å²) in [6.45, 7) is 5.65. The van der Waals surface area contributed by atoms with Crippen molar-refractivity contribution in [1.82, 2.24) is 5.32 Å². The molecule has 104 valence electrons. The van der Waals surface area contributed by atoms with Crippen molar-refractivity contribution in [2.24, 2.45) is 0 Å². The van der Waals surface area contributed by atoms with Crippen molar-refractivity contribution in [3.05, 3.63) is 33.9 Å². The van der Waals surface area contributed by atoms with Crippen molar-refractivity contribution < 1.29 is 14.4 Å². The Kier molecular flexibility index (Phi) is 4.34. The summed E-state index contributed by atoms with van der Waals surface area (Å²) < 4.78 is 11.4. The fourth-order valence-corrected chi connectivity index (χ4v) is 2.11. The Morgan fingerprint density at radius 3 is 3.00 bits per heavy atom. The van der Waals surface area contributed by atoms with Gasteiger partial charge in [0.25, 0.3) is 5.69 Å². The number of nitrogens with zero attached hydrogens (tertiary/aromatic N) is 1. The quantitative estimate of drug-likeness (QED) is 0.662. The van der Waals surface area contributed by atoms with E-state index in [-0.39, 0.29) is 17.9 Å². The van der Waals surface area contributed by atoms with Crippen LogP contribution >= 0.6 is 0 Å². The van der Waals surface area contributed by atoms with Crippen LogP contribution in [0.15, 0.2) is 18.2 Å². The molecule has 19 heavy (non-hydrogen) atoms. The molecular weight excluding hydrogens is 248 g/mol. The van der Waals surface area contributed by atoms with E-state index in [1.807, 2.05) is 6.92 Å². The molecule has 0 saturated carbocycles. The molecule has 0 amide bonds. The molecule has 1 saturated heterocycles. The molecule has 1 aromatic carbocycles. The van der Waals surface area contributed by atoms with E-state index in [1.54, 1.807) is 19.1 Å². The lowest BCUT2D eigenvalue weighted by Crippen LogP contribution is -2.45. The van der Waals surface area contributed by atoms with E-state index in [1.165, 1.54) is 6.07 Å². The van der Waals surface area contributed by atoms with Crippen molar-refractivity contribution in [3.63, 3.8) is 0 Å². The Bertz CT molecular complexity index is 464. The number of hydrogen-bond acceptors (Lipinski definition) is 5. The normalized spacial score (nSPS) is 23.1. The topological polar surface area (TPSA) is 73.6 Å². The molecule has 6 heteroatoms. The number of ether oxygens (including phenoxy) is 2. The second-order valence-corrected chi connectivity index (χ2v) is 4.70. The minimum atomic E-state index is -0.400. The molecular formula is C13H18N2O4. The minimum Gasteiger partial charge on any atom is -0.490 e. The van der Waals surface area contributed by atoms with Crippen LogP contribution in [0.1, 0.15) is 12.5 Å². The molecule has 1 heterocycles. The number of nitro benzene ring substituents is 1. The molecule has 1 fully saturated rings. The highest BCUT2D eigenvalue weighted by Gasteiger charge is 2.20. The molecule has 2 atom stereocenters. The minimum absolute atomic E-state index is 0.0255. The second-order valence-electron chi connectivity index (χ2n) is 4.70. The molecule has 1 N–H and O–H groups in total. The summed E-state index contributed by atoms with van der Waals surface area (Å²) >= 11 is 0. The summed E-state index contributed by atoms with van der Waals surface area (Å²) in [5, 5.41) is 14.1. The Labute approximate surface area is 111 Å². The summed E-state index contributed by atoms with van der Waals surface area (Å²) in [5.74, 6) is 0.538. The zero-order valence-corrected chi connectivity index (χ0v) is 11.1. The number of nitro groups is 1. The van der Waals surface area contributed by atoms with Gasteiger partial charge in [0.15, 0.2) is 0 Å². The van der Waals surface area contributed by atoms with E-state index in [2.05, 4.69) is 5.32 Å². The Balaban J connectivity index is 1.99. The number of rotatable bonds is 4. The highest BCUT2D eigenvalue weighted by molar-refractivity contribution is 5.48. The Morgan fingerprint density at radius 1 is 1.53 bits per heavy atom. The zero-order chi connectivity index (χ0) is 13.8. The third-order valence-electron chi connectivity index (χ3n) is 3.11. The van der Waals surface area contributed by atoms with Crippen LogP contribution in [0.3, 0.4) is 0 Å². The molecule has 1 aliphatic heterocycles. The molecule has 1 aliphatic rings. The molecule has 6 nitrogen and oxygen atoms in total. The maximum absolute atomic E-state index is 10.8. The third kappa shape index (κ3) is 3.42. The van der Waals surface area contributed by atoms with Crippen molar-refractivity contribution in [2.75, 3.05) is 19.7 Å². The van der Waals surface area contributed by atoms with Crippen molar-refractivity contribution in [1.29, 1.82) is 0 Å². The fraction of sp³-hybridized carbons (Fsp3) is 0.538. The van der Waals surface area contributed by atoms with Gasteiger partial charge < -0.3 is 14.8 Å². The smallest absolute Gasteiger partial charge is 0.276 e. The molecule has 2 rings (SSSR count). The molecule has 2 unspecified atom stereocenters. The van der Waals surface area contributed by atoms with Gasteiger partial charge in [0.1, 0.15) is 18.5 Å². The maximum Gasteiger partial charge on any atom is 0.276 e. The van der Waals surface area contributed by atoms with Gasteiger partial charge in [-0.15, -0.1) is 0 Å². The number of hydrogen-bond donors (Lipinski definition) is 1. The van der Waals surface area contributed by atoms with Crippen LogP contribution in [0, 0.1) is 17.0 Å². The van der Waals surface area contributed by atoms with E-state index in [4.69, 9.17) is 9.47 Å². The summed E-state index contributed by atoms with van der Waals surface area (Å²) in [6, 6.07) is 4.84. The number of morpholine rings is 1. The fourth-order valence-electron chi connectivity index (χ4n) is 2.11. The largest absolute Gasteiger partial charge is 0.490 e. The standard InChI is InChI=1S/C13H18N2O4/c1-9-6-14-7-11(19-9)8-18-13-5-3-4-12(10(13)2)15(16)17/h3-5,9,11,14H,6-8H2,1-2H3. The van der Waals surface area contributed by atoms with Crippen LogP contribution in [0.5, 0.6) is 5.75 Å². The first-order valence-corrected chi connectivity index (χ1v) is 6.31. The van der Waals surface area contributed by atoms with Gasteiger partial charge in [0.2, 0.25) is 0 Å². The Hall–Kier alpha value is -1.66.